The fourth-order valence-corrected chi connectivity index (χ4v) is 4.17. The SMILES string of the molecule is Cc1nn(-c2ccccc2)c2oc3c(sc4ccccc43)c(=O)c12. The predicted molar refractivity (Wildman–Crippen MR) is 97.2 cm³/mol. The summed E-state index contributed by atoms with van der Waals surface area (Å²) in [5.41, 5.74) is 2.69. The van der Waals surface area contributed by atoms with Gasteiger partial charge in [-0.1, -0.05) is 30.3 Å². The summed E-state index contributed by atoms with van der Waals surface area (Å²) in [7, 11) is 0. The molecule has 3 heterocycles. The van der Waals surface area contributed by atoms with Crippen molar-refractivity contribution in [3.63, 3.8) is 0 Å². The highest BCUT2D eigenvalue weighted by Crippen LogP contribution is 2.34. The van der Waals surface area contributed by atoms with E-state index < -0.39 is 0 Å². The summed E-state index contributed by atoms with van der Waals surface area (Å²) in [5.74, 6) is 0. The normalized spacial score (nSPS) is 11.7. The lowest BCUT2D eigenvalue weighted by Gasteiger charge is -2.02. The third-order valence-electron chi connectivity index (χ3n) is 4.20. The highest BCUT2D eigenvalue weighted by molar-refractivity contribution is 7.25. The van der Waals surface area contributed by atoms with Crippen LogP contribution in [-0.4, -0.2) is 9.78 Å². The zero-order valence-corrected chi connectivity index (χ0v) is 13.6. The summed E-state index contributed by atoms with van der Waals surface area (Å²) in [6.45, 7) is 1.85. The molecule has 5 heteroatoms. The number of hydrogen-bond acceptors (Lipinski definition) is 4. The second-order valence-electron chi connectivity index (χ2n) is 5.70. The molecule has 116 valence electrons. The Balaban J connectivity index is 2.00. The first-order valence-electron chi connectivity index (χ1n) is 7.63. The maximum Gasteiger partial charge on any atom is 0.234 e. The Labute approximate surface area is 140 Å². The molecule has 0 N–H and O–H groups in total. The molecule has 0 saturated carbocycles. The first-order chi connectivity index (χ1) is 11.7. The van der Waals surface area contributed by atoms with Crippen LogP contribution in [0.5, 0.6) is 0 Å². The number of thiophene rings is 1. The van der Waals surface area contributed by atoms with E-state index in [1.807, 2.05) is 61.5 Å². The third kappa shape index (κ3) is 1.73. The number of fused-ring (bicyclic) bond motifs is 4. The zero-order valence-electron chi connectivity index (χ0n) is 12.8. The molecule has 0 aliphatic carbocycles. The first-order valence-corrected chi connectivity index (χ1v) is 8.45. The fourth-order valence-electron chi connectivity index (χ4n) is 3.09. The second-order valence-corrected chi connectivity index (χ2v) is 6.75. The van der Waals surface area contributed by atoms with E-state index in [-0.39, 0.29) is 5.43 Å². The smallest absolute Gasteiger partial charge is 0.234 e. The lowest BCUT2D eigenvalue weighted by molar-refractivity contribution is 0.625. The minimum absolute atomic E-state index is 0.00729. The Bertz CT molecular complexity index is 1280. The molecule has 0 radical (unpaired) electrons. The molecule has 2 aromatic carbocycles. The average molecular weight is 332 g/mol. The molecule has 0 fully saturated rings. The number of nitrogens with zero attached hydrogens (tertiary/aromatic N) is 2. The molecule has 24 heavy (non-hydrogen) atoms. The van der Waals surface area contributed by atoms with Gasteiger partial charge in [-0.15, -0.1) is 11.3 Å². The van der Waals surface area contributed by atoms with E-state index in [0.29, 0.717) is 27.1 Å². The maximum atomic E-state index is 13.0. The highest BCUT2D eigenvalue weighted by Gasteiger charge is 2.20. The van der Waals surface area contributed by atoms with Gasteiger partial charge in [0, 0.05) is 10.1 Å². The minimum atomic E-state index is -0.00729. The van der Waals surface area contributed by atoms with Crippen molar-refractivity contribution in [2.75, 3.05) is 0 Å². The quantitative estimate of drug-likeness (QED) is 0.449. The summed E-state index contributed by atoms with van der Waals surface area (Å²) in [6.07, 6.45) is 0. The van der Waals surface area contributed by atoms with Crippen molar-refractivity contribution < 1.29 is 4.42 Å². The Morgan fingerprint density at radius 1 is 1.04 bits per heavy atom. The lowest BCUT2D eigenvalue weighted by Crippen LogP contribution is -2.01. The molecular weight excluding hydrogens is 320 g/mol. The van der Waals surface area contributed by atoms with Gasteiger partial charge in [0.2, 0.25) is 11.1 Å². The summed E-state index contributed by atoms with van der Waals surface area (Å²) >= 11 is 1.47. The van der Waals surface area contributed by atoms with Crippen molar-refractivity contribution in [3.05, 3.63) is 70.5 Å². The molecule has 0 unspecified atom stereocenters. The van der Waals surface area contributed by atoms with Crippen molar-refractivity contribution in [2.24, 2.45) is 0 Å². The Morgan fingerprint density at radius 2 is 1.79 bits per heavy atom. The van der Waals surface area contributed by atoms with E-state index in [4.69, 9.17) is 4.42 Å². The van der Waals surface area contributed by atoms with Gasteiger partial charge in [0.15, 0.2) is 5.58 Å². The second kappa shape index (κ2) is 4.79. The van der Waals surface area contributed by atoms with Gasteiger partial charge < -0.3 is 4.42 Å². The molecule has 0 aliphatic heterocycles. The Kier molecular flexibility index (Phi) is 2.69. The van der Waals surface area contributed by atoms with Gasteiger partial charge in [0.1, 0.15) is 10.1 Å². The van der Waals surface area contributed by atoms with Gasteiger partial charge >= 0.3 is 0 Å². The van der Waals surface area contributed by atoms with Crippen LogP contribution in [0.4, 0.5) is 0 Å². The van der Waals surface area contributed by atoms with E-state index in [1.54, 1.807) is 4.68 Å². The van der Waals surface area contributed by atoms with Crippen molar-refractivity contribution in [3.8, 4) is 5.69 Å². The van der Waals surface area contributed by atoms with Crippen LogP contribution < -0.4 is 5.43 Å². The number of para-hydroxylation sites is 1. The van der Waals surface area contributed by atoms with Crippen LogP contribution in [0.1, 0.15) is 5.69 Å². The molecule has 0 bridgehead atoms. The number of benzene rings is 2. The number of aryl methyl sites for hydroxylation is 1. The van der Waals surface area contributed by atoms with E-state index in [2.05, 4.69) is 5.10 Å². The van der Waals surface area contributed by atoms with E-state index in [1.165, 1.54) is 11.3 Å². The molecule has 0 spiro atoms. The van der Waals surface area contributed by atoms with Crippen molar-refractivity contribution >= 4 is 42.8 Å². The lowest BCUT2D eigenvalue weighted by atomic mass is 10.2. The van der Waals surface area contributed by atoms with Crippen LogP contribution in [0.3, 0.4) is 0 Å². The molecular formula is C19H12N2O2S. The fraction of sp³-hybridized carbons (Fsp3) is 0.0526. The molecule has 5 aromatic rings. The number of aromatic nitrogens is 2. The van der Waals surface area contributed by atoms with E-state index >= 15 is 0 Å². The molecule has 5 rings (SSSR count). The summed E-state index contributed by atoms with van der Waals surface area (Å²) in [5, 5.41) is 6.05. The zero-order chi connectivity index (χ0) is 16.3. The highest BCUT2D eigenvalue weighted by atomic mass is 32.1. The van der Waals surface area contributed by atoms with Crippen LogP contribution in [-0.2, 0) is 0 Å². The first kappa shape index (κ1) is 13.5. The third-order valence-corrected chi connectivity index (χ3v) is 5.35. The van der Waals surface area contributed by atoms with Gasteiger partial charge in [-0.25, -0.2) is 0 Å². The van der Waals surface area contributed by atoms with Gasteiger partial charge in [0.25, 0.3) is 0 Å². The van der Waals surface area contributed by atoms with Crippen LogP contribution >= 0.6 is 11.3 Å². The Morgan fingerprint density at radius 3 is 2.62 bits per heavy atom. The van der Waals surface area contributed by atoms with Crippen molar-refractivity contribution in [1.82, 2.24) is 9.78 Å². The molecule has 0 amide bonds. The summed E-state index contributed by atoms with van der Waals surface area (Å²) < 4.78 is 9.61. The monoisotopic (exact) mass is 332 g/mol. The minimum Gasteiger partial charge on any atom is -0.436 e. The molecule has 4 nitrogen and oxygen atoms in total. The average Bonchev–Trinajstić information content (AvgIpc) is 3.15. The predicted octanol–water partition coefficient (Wildman–Crippen LogP) is 4.66. The maximum absolute atomic E-state index is 13.0. The van der Waals surface area contributed by atoms with Gasteiger partial charge in [-0.3, -0.25) is 4.79 Å². The summed E-state index contributed by atoms with van der Waals surface area (Å²) in [4.78, 5) is 13.0. The van der Waals surface area contributed by atoms with Crippen LogP contribution in [0, 0.1) is 6.92 Å². The molecule has 0 aliphatic rings. The number of hydrogen-bond donors (Lipinski definition) is 0. The summed E-state index contributed by atoms with van der Waals surface area (Å²) in [6, 6.07) is 17.6. The molecule has 0 saturated heterocycles. The molecule has 0 atom stereocenters. The van der Waals surface area contributed by atoms with Gasteiger partial charge in [-0.05, 0) is 31.2 Å². The van der Waals surface area contributed by atoms with Crippen LogP contribution in [0.2, 0.25) is 0 Å². The van der Waals surface area contributed by atoms with E-state index in [0.717, 1.165) is 15.8 Å². The topological polar surface area (TPSA) is 48.0 Å². The van der Waals surface area contributed by atoms with Gasteiger partial charge in [-0.2, -0.15) is 9.78 Å². The standard InChI is InChI=1S/C19H12N2O2S/c1-11-15-16(22)18-17(13-9-5-6-10-14(13)24-18)23-19(15)21(20-11)12-7-3-2-4-8-12/h2-10H,1H3. The van der Waals surface area contributed by atoms with Crippen LogP contribution in [0.15, 0.2) is 63.8 Å². The Hall–Kier alpha value is -2.92. The van der Waals surface area contributed by atoms with Gasteiger partial charge in [0.05, 0.1) is 11.4 Å². The molecule has 3 aromatic heterocycles. The van der Waals surface area contributed by atoms with Crippen molar-refractivity contribution in [1.29, 1.82) is 0 Å². The largest absolute Gasteiger partial charge is 0.436 e. The van der Waals surface area contributed by atoms with Crippen molar-refractivity contribution in [2.45, 2.75) is 6.92 Å². The van der Waals surface area contributed by atoms with E-state index in [9.17, 15) is 4.79 Å². The van der Waals surface area contributed by atoms with Crippen LogP contribution in [0.25, 0.3) is 37.2 Å². The number of rotatable bonds is 1.